The predicted octanol–water partition coefficient (Wildman–Crippen LogP) is 7.46. The van der Waals surface area contributed by atoms with E-state index >= 15 is 0 Å². The molecule has 5 aliphatic carbocycles. The molecular formula is C38H62N2O7. The first kappa shape index (κ1) is 33.6. The van der Waals surface area contributed by atoms with Crippen LogP contribution in [0.3, 0.4) is 0 Å². The number of nitrogens with two attached hydrogens (primary N) is 1. The molecule has 12 atom stereocenters. The lowest BCUT2D eigenvalue weighted by atomic mass is 9.46. The number of fused-ring (bicyclic) bond motifs is 4. The van der Waals surface area contributed by atoms with E-state index in [1.807, 2.05) is 27.7 Å². The number of carbonyl (C=O) groups is 2. The maximum Gasteiger partial charge on any atom is 0.410 e. The van der Waals surface area contributed by atoms with Crippen LogP contribution >= 0.6 is 0 Å². The molecule has 2 heterocycles. The molecule has 0 aromatic rings. The molecule has 5 saturated carbocycles. The topological polar surface area (TPSA) is 110 Å². The van der Waals surface area contributed by atoms with Crippen LogP contribution in [0.2, 0.25) is 0 Å². The van der Waals surface area contributed by atoms with Crippen molar-refractivity contribution in [3.63, 3.8) is 0 Å². The lowest BCUT2D eigenvalue weighted by molar-refractivity contribution is -0.243. The van der Waals surface area contributed by atoms with Gasteiger partial charge in [-0.05, 0) is 143 Å². The summed E-state index contributed by atoms with van der Waals surface area (Å²) in [4.78, 5) is 26.2. The molecule has 2 aliphatic heterocycles. The summed E-state index contributed by atoms with van der Waals surface area (Å²) in [6.45, 7) is 20.6. The van der Waals surface area contributed by atoms with Gasteiger partial charge in [0.1, 0.15) is 5.60 Å². The Kier molecular flexibility index (Phi) is 8.12. The molecule has 9 heteroatoms. The molecular weight excluding hydrogens is 596 g/mol. The first-order valence-corrected chi connectivity index (χ1v) is 18.5. The maximum absolute atomic E-state index is 12.8. The van der Waals surface area contributed by atoms with Crippen molar-refractivity contribution in [2.45, 2.75) is 149 Å². The van der Waals surface area contributed by atoms with Gasteiger partial charge in [0.05, 0.1) is 31.5 Å². The van der Waals surface area contributed by atoms with Crippen LogP contribution in [-0.2, 0) is 23.7 Å². The van der Waals surface area contributed by atoms with Gasteiger partial charge in [0.2, 0.25) is 0 Å². The van der Waals surface area contributed by atoms with E-state index in [4.69, 9.17) is 29.4 Å². The quantitative estimate of drug-likeness (QED) is 0.306. The first-order valence-electron chi connectivity index (χ1n) is 18.5. The van der Waals surface area contributed by atoms with E-state index in [1.165, 1.54) is 38.5 Å². The molecule has 266 valence electrons. The van der Waals surface area contributed by atoms with E-state index in [0.717, 1.165) is 37.2 Å². The normalized spacial score (nSPS) is 45.6. The van der Waals surface area contributed by atoms with Crippen LogP contribution in [0.25, 0.3) is 0 Å². The van der Waals surface area contributed by atoms with Crippen LogP contribution < -0.4 is 5.73 Å². The Morgan fingerprint density at radius 1 is 1.00 bits per heavy atom. The van der Waals surface area contributed by atoms with Gasteiger partial charge in [-0.1, -0.05) is 27.4 Å². The fourth-order valence-electron chi connectivity index (χ4n) is 12.7. The molecule has 7 fully saturated rings. The molecule has 2 N–H and O–H groups in total. The Balaban J connectivity index is 0.00000401. The van der Waals surface area contributed by atoms with Gasteiger partial charge in [0.15, 0.2) is 12.4 Å². The van der Waals surface area contributed by atoms with E-state index < -0.39 is 24.1 Å². The molecule has 2 amide bonds. The highest BCUT2D eigenvalue weighted by molar-refractivity contribution is 5.68. The largest absolute Gasteiger partial charge is 0.444 e. The number of ether oxygens (including phenoxy) is 5. The number of nitrogens with zero attached hydrogens (tertiary/aromatic N) is 1. The molecule has 0 radical (unpaired) electrons. The zero-order valence-electron chi connectivity index (χ0n) is 30.0. The molecule has 47 heavy (non-hydrogen) atoms. The van der Waals surface area contributed by atoms with E-state index in [-0.39, 0.29) is 31.2 Å². The molecule has 2 spiro atoms. The van der Waals surface area contributed by atoms with E-state index in [1.54, 1.807) is 4.90 Å². The number of hydrogen-bond donors (Lipinski definition) is 1. The highest BCUT2D eigenvalue weighted by Crippen LogP contribution is 2.87. The summed E-state index contributed by atoms with van der Waals surface area (Å²) in [7, 11) is 0. The average molecular weight is 659 g/mol. The summed E-state index contributed by atoms with van der Waals surface area (Å²) in [5.74, 6) is 2.62. The van der Waals surface area contributed by atoms with E-state index in [9.17, 15) is 9.59 Å². The van der Waals surface area contributed by atoms with Crippen molar-refractivity contribution in [1.82, 2.24) is 4.90 Å². The van der Waals surface area contributed by atoms with Crippen LogP contribution in [0.1, 0.15) is 114 Å². The van der Waals surface area contributed by atoms with Crippen molar-refractivity contribution in [1.29, 1.82) is 0 Å². The van der Waals surface area contributed by atoms with Gasteiger partial charge in [0, 0.05) is 7.97 Å². The number of rotatable bonds is 5. The Morgan fingerprint density at radius 3 is 2.45 bits per heavy atom. The van der Waals surface area contributed by atoms with Crippen LogP contribution in [0.15, 0.2) is 12.2 Å². The van der Waals surface area contributed by atoms with Crippen molar-refractivity contribution < 1.29 is 34.7 Å². The highest BCUT2D eigenvalue weighted by Gasteiger charge is 2.80. The van der Waals surface area contributed by atoms with Crippen molar-refractivity contribution in [3.8, 4) is 0 Å². The molecule has 0 aromatic heterocycles. The molecule has 7 rings (SSSR count). The minimum absolute atomic E-state index is 0. The Hall–Kier alpha value is -1.84. The number of carbonyl (C=O) groups excluding carboxylic acids is 2. The smallest absolute Gasteiger partial charge is 0.410 e. The van der Waals surface area contributed by atoms with Gasteiger partial charge in [-0.3, -0.25) is 0 Å². The predicted molar refractivity (Wildman–Crippen MR) is 179 cm³/mol. The average Bonchev–Trinajstić information content (AvgIpc) is 3.56. The third-order valence-electron chi connectivity index (χ3n) is 14.6. The standard InChI is InChI=1S/C38H60N2O7.H2/c1-22(2)31(46-32(39)41)26-11-9-24-27(44-26)19-25-23-10-12-28-35(6,7)29(13-14-38(28)21-37(23,38)16-15-36(24,25)8)45-30-20-40(17-18-43-30)33(42)47-34(3,4)5;/h23-31H,1,9-21H2,2-8H3,(H2,39,41);1H/t23?,24?,25?,26?,27?,28?,29-,30?,31+,36+,37?,38+;/m0./s1. The zero-order valence-corrected chi connectivity index (χ0v) is 30.0. The van der Waals surface area contributed by atoms with Crippen molar-refractivity contribution in [2.24, 2.45) is 51.1 Å². The van der Waals surface area contributed by atoms with Crippen LogP contribution in [0.4, 0.5) is 9.59 Å². The van der Waals surface area contributed by atoms with Gasteiger partial charge in [-0.2, -0.15) is 0 Å². The second-order valence-electron chi connectivity index (χ2n) is 18.4. The second-order valence-corrected chi connectivity index (χ2v) is 18.4. The fourth-order valence-corrected chi connectivity index (χ4v) is 12.7. The van der Waals surface area contributed by atoms with Crippen LogP contribution in [0.5, 0.6) is 0 Å². The molecule has 0 bridgehead atoms. The highest BCUT2D eigenvalue weighted by atomic mass is 16.7. The van der Waals surface area contributed by atoms with Crippen molar-refractivity contribution >= 4 is 12.2 Å². The van der Waals surface area contributed by atoms with Crippen LogP contribution in [-0.4, -0.2) is 73.1 Å². The third kappa shape index (κ3) is 5.35. The molecule has 7 aliphatic rings. The number of morpholine rings is 1. The summed E-state index contributed by atoms with van der Waals surface area (Å²) in [5.41, 5.74) is 6.88. The molecule has 0 aromatic carbocycles. The van der Waals surface area contributed by atoms with Gasteiger partial charge in [-0.15, -0.1) is 0 Å². The minimum Gasteiger partial charge on any atom is -0.444 e. The summed E-state index contributed by atoms with van der Waals surface area (Å²) in [6.07, 6.45) is 10.1. The summed E-state index contributed by atoms with van der Waals surface area (Å²) < 4.78 is 30.8. The Labute approximate surface area is 283 Å². The maximum atomic E-state index is 12.8. The Morgan fingerprint density at radius 2 is 1.74 bits per heavy atom. The monoisotopic (exact) mass is 658 g/mol. The van der Waals surface area contributed by atoms with E-state index in [0.29, 0.717) is 53.7 Å². The van der Waals surface area contributed by atoms with Crippen molar-refractivity contribution in [2.75, 3.05) is 19.7 Å². The molecule has 9 nitrogen and oxygen atoms in total. The lowest BCUT2D eigenvalue weighted by Crippen LogP contribution is -2.56. The fraction of sp³-hybridized carbons (Fsp3) is 0.895. The van der Waals surface area contributed by atoms with Gasteiger partial charge in [0.25, 0.3) is 0 Å². The van der Waals surface area contributed by atoms with Crippen molar-refractivity contribution in [3.05, 3.63) is 12.2 Å². The van der Waals surface area contributed by atoms with Gasteiger partial charge in [-0.25, -0.2) is 9.59 Å². The Bertz CT molecular complexity index is 1290. The summed E-state index contributed by atoms with van der Waals surface area (Å²) in [6, 6.07) is 0. The van der Waals surface area contributed by atoms with Gasteiger partial charge >= 0.3 is 12.2 Å². The number of primary amides is 1. The third-order valence-corrected chi connectivity index (χ3v) is 14.6. The minimum atomic E-state index is -0.759. The van der Waals surface area contributed by atoms with E-state index in [2.05, 4.69) is 27.4 Å². The van der Waals surface area contributed by atoms with Gasteiger partial charge < -0.3 is 34.3 Å². The molecule has 2 saturated heterocycles. The zero-order chi connectivity index (χ0) is 33.7. The molecule has 8 unspecified atom stereocenters. The lowest BCUT2D eigenvalue weighted by Gasteiger charge is -2.60. The summed E-state index contributed by atoms with van der Waals surface area (Å²) >= 11 is 0. The first-order chi connectivity index (χ1) is 22.0. The second kappa shape index (κ2) is 11.3. The number of hydrogen-bond acceptors (Lipinski definition) is 7. The van der Waals surface area contributed by atoms with Crippen LogP contribution in [0, 0.1) is 45.3 Å². The number of amides is 2. The summed E-state index contributed by atoms with van der Waals surface area (Å²) in [5, 5.41) is 0. The SMILES string of the molecule is C=C(C)[C@@H](OC(N)=O)C1CCC2C(CC3C4CCC5C(C)(C)[C@@H](OC6CN(C(=O)OC(C)(C)C)CCO6)CC[C@@]56CC46CC[C@]23C)O1.[HH].